The van der Waals surface area contributed by atoms with Gasteiger partial charge >= 0.3 is 0 Å². The molecule has 2 aromatic carbocycles. The van der Waals surface area contributed by atoms with Crippen LogP contribution >= 0.6 is 15.9 Å². The van der Waals surface area contributed by atoms with Gasteiger partial charge < -0.3 is 5.32 Å². The van der Waals surface area contributed by atoms with E-state index in [-0.39, 0.29) is 5.91 Å². The van der Waals surface area contributed by atoms with E-state index in [1.807, 2.05) is 55.5 Å². The van der Waals surface area contributed by atoms with Crippen molar-refractivity contribution in [2.24, 2.45) is 0 Å². The van der Waals surface area contributed by atoms with Crippen LogP contribution in [0.25, 0.3) is 10.9 Å². The Morgan fingerprint density at radius 1 is 1.14 bits per heavy atom. The molecular formula is C17H13BrN2O. The van der Waals surface area contributed by atoms with Gasteiger partial charge in [-0.1, -0.05) is 28.1 Å². The van der Waals surface area contributed by atoms with Crippen molar-refractivity contribution < 1.29 is 4.79 Å². The summed E-state index contributed by atoms with van der Waals surface area (Å²) >= 11 is 3.40. The molecule has 0 bridgehead atoms. The Bertz CT molecular complexity index is 825. The van der Waals surface area contributed by atoms with Crippen molar-refractivity contribution in [2.75, 3.05) is 5.32 Å². The predicted molar refractivity (Wildman–Crippen MR) is 88.6 cm³/mol. The number of carbonyl (C=O) groups excluding carboxylic acids is 1. The van der Waals surface area contributed by atoms with Gasteiger partial charge in [0.15, 0.2) is 0 Å². The van der Waals surface area contributed by atoms with Crippen LogP contribution in [0.1, 0.15) is 15.9 Å². The average molecular weight is 341 g/mol. The number of nitrogens with one attached hydrogen (secondary N) is 1. The van der Waals surface area contributed by atoms with Crippen molar-refractivity contribution in [1.29, 1.82) is 0 Å². The molecule has 0 aliphatic rings. The van der Waals surface area contributed by atoms with Crippen molar-refractivity contribution in [2.45, 2.75) is 6.92 Å². The maximum atomic E-state index is 12.5. The zero-order valence-corrected chi connectivity index (χ0v) is 13.0. The van der Waals surface area contributed by atoms with Crippen molar-refractivity contribution in [3.63, 3.8) is 0 Å². The fourth-order valence-corrected chi connectivity index (χ4v) is 2.60. The summed E-state index contributed by atoms with van der Waals surface area (Å²) in [7, 11) is 0. The first-order valence-corrected chi connectivity index (χ1v) is 7.36. The molecule has 0 aliphatic carbocycles. The van der Waals surface area contributed by atoms with E-state index in [0.717, 1.165) is 26.6 Å². The molecule has 1 amide bonds. The number of aryl methyl sites for hydroxylation is 1. The van der Waals surface area contributed by atoms with E-state index >= 15 is 0 Å². The summed E-state index contributed by atoms with van der Waals surface area (Å²) in [6.07, 6.45) is 1.74. The highest BCUT2D eigenvalue weighted by Gasteiger charge is 2.11. The lowest BCUT2D eigenvalue weighted by molar-refractivity contribution is 0.102. The zero-order valence-electron chi connectivity index (χ0n) is 11.4. The third-order valence-electron chi connectivity index (χ3n) is 3.34. The highest BCUT2D eigenvalue weighted by atomic mass is 79.9. The number of hydrogen-bond donors (Lipinski definition) is 1. The summed E-state index contributed by atoms with van der Waals surface area (Å²) in [6, 6.07) is 15.2. The minimum absolute atomic E-state index is 0.120. The van der Waals surface area contributed by atoms with Gasteiger partial charge in [0.05, 0.1) is 11.2 Å². The van der Waals surface area contributed by atoms with Crippen LogP contribution in [0.15, 0.2) is 59.2 Å². The molecule has 0 saturated carbocycles. The molecule has 3 aromatic rings. The van der Waals surface area contributed by atoms with Crippen LogP contribution in [0.4, 0.5) is 5.69 Å². The largest absolute Gasteiger partial charge is 0.321 e. The predicted octanol–water partition coefficient (Wildman–Crippen LogP) is 4.56. The van der Waals surface area contributed by atoms with Crippen LogP contribution in [0, 0.1) is 6.92 Å². The van der Waals surface area contributed by atoms with Gasteiger partial charge in [0, 0.05) is 21.6 Å². The van der Waals surface area contributed by atoms with Gasteiger partial charge in [0.1, 0.15) is 0 Å². The maximum absolute atomic E-state index is 12.5. The van der Waals surface area contributed by atoms with Gasteiger partial charge in [-0.3, -0.25) is 9.78 Å². The lowest BCUT2D eigenvalue weighted by Gasteiger charge is -2.10. The number of benzene rings is 2. The van der Waals surface area contributed by atoms with Crippen molar-refractivity contribution >= 4 is 38.4 Å². The summed E-state index contributed by atoms with van der Waals surface area (Å²) in [6.45, 7) is 1.92. The molecule has 0 aliphatic heterocycles. The van der Waals surface area contributed by atoms with E-state index in [0.29, 0.717) is 5.56 Å². The number of anilines is 1. The summed E-state index contributed by atoms with van der Waals surface area (Å²) in [4.78, 5) is 16.8. The third kappa shape index (κ3) is 2.81. The number of halogens is 1. The van der Waals surface area contributed by atoms with Crippen LogP contribution in [0.5, 0.6) is 0 Å². The minimum atomic E-state index is -0.120. The number of rotatable bonds is 2. The second-order valence-electron chi connectivity index (χ2n) is 4.79. The molecule has 3 nitrogen and oxygen atoms in total. The molecule has 21 heavy (non-hydrogen) atoms. The van der Waals surface area contributed by atoms with Crippen molar-refractivity contribution in [1.82, 2.24) is 4.98 Å². The number of aromatic nitrogens is 1. The summed E-state index contributed by atoms with van der Waals surface area (Å²) in [5, 5.41) is 3.90. The van der Waals surface area contributed by atoms with Gasteiger partial charge in [-0.2, -0.15) is 0 Å². The highest BCUT2D eigenvalue weighted by molar-refractivity contribution is 9.10. The van der Waals surface area contributed by atoms with Gasteiger partial charge in [-0.15, -0.1) is 0 Å². The molecule has 1 heterocycles. The van der Waals surface area contributed by atoms with E-state index in [4.69, 9.17) is 0 Å². The minimum Gasteiger partial charge on any atom is -0.321 e. The molecule has 3 rings (SSSR count). The summed E-state index contributed by atoms with van der Waals surface area (Å²) in [5.74, 6) is -0.120. The monoisotopic (exact) mass is 340 g/mol. The Morgan fingerprint density at radius 2 is 2.00 bits per heavy atom. The lowest BCUT2D eigenvalue weighted by atomic mass is 10.1. The molecule has 1 N–H and O–H groups in total. The SMILES string of the molecule is Cc1ccc(Br)cc1C(=O)Nc1cccc2ncccc12. The first-order chi connectivity index (χ1) is 10.1. The lowest BCUT2D eigenvalue weighted by Crippen LogP contribution is -2.13. The van der Waals surface area contributed by atoms with Crippen molar-refractivity contribution in [3.8, 4) is 0 Å². The molecule has 4 heteroatoms. The Morgan fingerprint density at radius 3 is 2.86 bits per heavy atom. The van der Waals surface area contributed by atoms with E-state index in [1.165, 1.54) is 0 Å². The van der Waals surface area contributed by atoms with Gasteiger partial charge in [0.25, 0.3) is 5.91 Å². The van der Waals surface area contributed by atoms with E-state index in [1.54, 1.807) is 6.20 Å². The van der Waals surface area contributed by atoms with Gasteiger partial charge in [-0.25, -0.2) is 0 Å². The molecule has 0 atom stereocenters. The number of carbonyl (C=O) groups is 1. The van der Waals surface area contributed by atoms with E-state index < -0.39 is 0 Å². The van der Waals surface area contributed by atoms with Gasteiger partial charge in [0.2, 0.25) is 0 Å². The number of hydrogen-bond acceptors (Lipinski definition) is 2. The Hall–Kier alpha value is -2.20. The molecule has 0 unspecified atom stereocenters. The molecule has 1 aromatic heterocycles. The fourth-order valence-electron chi connectivity index (χ4n) is 2.24. The second kappa shape index (κ2) is 5.66. The smallest absolute Gasteiger partial charge is 0.255 e. The highest BCUT2D eigenvalue weighted by Crippen LogP contribution is 2.23. The molecule has 0 saturated heterocycles. The Labute approximate surface area is 131 Å². The van der Waals surface area contributed by atoms with Crippen LogP contribution < -0.4 is 5.32 Å². The Kier molecular flexibility index (Phi) is 3.71. The van der Waals surface area contributed by atoms with E-state index in [9.17, 15) is 4.79 Å². The van der Waals surface area contributed by atoms with E-state index in [2.05, 4.69) is 26.2 Å². The van der Waals surface area contributed by atoms with Crippen LogP contribution in [-0.2, 0) is 0 Å². The Balaban J connectivity index is 1.99. The molecular weight excluding hydrogens is 328 g/mol. The maximum Gasteiger partial charge on any atom is 0.255 e. The third-order valence-corrected chi connectivity index (χ3v) is 3.83. The van der Waals surface area contributed by atoms with Gasteiger partial charge in [-0.05, 0) is 48.9 Å². The first-order valence-electron chi connectivity index (χ1n) is 6.56. The topological polar surface area (TPSA) is 42.0 Å². The van der Waals surface area contributed by atoms with Crippen molar-refractivity contribution in [3.05, 3.63) is 70.3 Å². The fraction of sp³-hybridized carbons (Fsp3) is 0.0588. The number of fused-ring (bicyclic) bond motifs is 1. The molecule has 0 spiro atoms. The number of amides is 1. The molecule has 0 radical (unpaired) electrons. The second-order valence-corrected chi connectivity index (χ2v) is 5.70. The summed E-state index contributed by atoms with van der Waals surface area (Å²) in [5.41, 5.74) is 3.23. The summed E-state index contributed by atoms with van der Waals surface area (Å²) < 4.78 is 0.887. The zero-order chi connectivity index (χ0) is 14.8. The average Bonchev–Trinajstić information content (AvgIpc) is 2.50. The number of nitrogens with zero attached hydrogens (tertiary/aromatic N) is 1. The first kappa shape index (κ1) is 13.8. The quantitative estimate of drug-likeness (QED) is 0.743. The standard InChI is InChI=1S/C17H13BrN2O/c1-11-7-8-12(18)10-14(11)17(21)20-16-6-2-5-15-13(16)4-3-9-19-15/h2-10H,1H3,(H,20,21). The van der Waals surface area contributed by atoms with Crippen LogP contribution in [-0.4, -0.2) is 10.9 Å². The molecule has 0 fully saturated rings. The normalized spacial score (nSPS) is 10.6. The van der Waals surface area contributed by atoms with Crippen LogP contribution in [0.2, 0.25) is 0 Å². The van der Waals surface area contributed by atoms with Crippen LogP contribution in [0.3, 0.4) is 0 Å². The number of pyridine rings is 1. The molecule has 104 valence electrons.